The Morgan fingerprint density at radius 3 is 0.985 bits per heavy atom. The molecule has 388 valence electrons. The number of carbonyl (C=O) groups is 1. The summed E-state index contributed by atoms with van der Waals surface area (Å²) in [5, 5.41) is 23.2. The minimum absolute atomic E-state index is 0.0729. The van der Waals surface area contributed by atoms with Gasteiger partial charge in [-0.05, 0) is 70.6 Å². The van der Waals surface area contributed by atoms with E-state index in [-0.39, 0.29) is 12.5 Å². The number of hydrogen-bond acceptors (Lipinski definition) is 3. The highest BCUT2D eigenvalue weighted by Crippen LogP contribution is 2.17. The maximum atomic E-state index is 12.5. The first-order valence-corrected chi connectivity index (χ1v) is 29.3. The zero-order chi connectivity index (χ0) is 48.5. The van der Waals surface area contributed by atoms with Gasteiger partial charge in [0.15, 0.2) is 0 Å². The average molecular weight is 933 g/mol. The summed E-state index contributed by atoms with van der Waals surface area (Å²) < 4.78 is 0. The second kappa shape index (κ2) is 57.9. The molecule has 3 N–H and O–H groups in total. The van der Waals surface area contributed by atoms with Crippen LogP contribution in [0.1, 0.15) is 290 Å². The van der Waals surface area contributed by atoms with Crippen LogP contribution in [0.3, 0.4) is 0 Å². The number of hydrogen-bond donors (Lipinski definition) is 3. The fourth-order valence-corrected chi connectivity index (χ4v) is 8.71. The third-order valence-corrected chi connectivity index (χ3v) is 13.1. The summed E-state index contributed by atoms with van der Waals surface area (Å²) in [4.78, 5) is 12.5. The number of nitrogens with one attached hydrogen (secondary N) is 1. The van der Waals surface area contributed by atoms with E-state index >= 15 is 0 Å². The van der Waals surface area contributed by atoms with Crippen LogP contribution in [0.4, 0.5) is 0 Å². The lowest BCUT2D eigenvalue weighted by Gasteiger charge is -2.20. The van der Waals surface area contributed by atoms with Crippen molar-refractivity contribution in [3.8, 4) is 0 Å². The van der Waals surface area contributed by atoms with E-state index < -0.39 is 12.1 Å². The number of rotatable bonds is 53. The molecule has 0 aliphatic carbocycles. The lowest BCUT2D eigenvalue weighted by atomic mass is 10.0. The van der Waals surface area contributed by atoms with Gasteiger partial charge in [0.25, 0.3) is 0 Å². The van der Waals surface area contributed by atoms with Crippen molar-refractivity contribution in [3.05, 3.63) is 85.1 Å². The fraction of sp³-hybridized carbons (Fsp3) is 0.762. The predicted molar refractivity (Wildman–Crippen MR) is 299 cm³/mol. The van der Waals surface area contributed by atoms with E-state index in [1.54, 1.807) is 6.08 Å². The molecule has 2 unspecified atom stereocenters. The molecule has 0 fully saturated rings. The van der Waals surface area contributed by atoms with Crippen LogP contribution < -0.4 is 5.32 Å². The van der Waals surface area contributed by atoms with E-state index in [4.69, 9.17) is 0 Å². The van der Waals surface area contributed by atoms with Crippen molar-refractivity contribution in [1.29, 1.82) is 0 Å². The Hall–Kier alpha value is -2.43. The van der Waals surface area contributed by atoms with Crippen LogP contribution >= 0.6 is 0 Å². The van der Waals surface area contributed by atoms with Gasteiger partial charge in [0.2, 0.25) is 5.91 Å². The van der Waals surface area contributed by atoms with Gasteiger partial charge in [0, 0.05) is 6.42 Å². The zero-order valence-corrected chi connectivity index (χ0v) is 44.7. The Morgan fingerprint density at radius 2 is 0.657 bits per heavy atom. The first-order valence-electron chi connectivity index (χ1n) is 29.3. The Labute approximate surface area is 418 Å². The van der Waals surface area contributed by atoms with Crippen molar-refractivity contribution in [2.24, 2.45) is 0 Å². The predicted octanol–water partition coefficient (Wildman–Crippen LogP) is 19.5. The molecule has 0 saturated heterocycles. The van der Waals surface area contributed by atoms with Crippen molar-refractivity contribution in [2.75, 3.05) is 6.61 Å². The summed E-state index contributed by atoms with van der Waals surface area (Å²) in [5.41, 5.74) is 0. The van der Waals surface area contributed by atoms with E-state index in [1.807, 2.05) is 6.08 Å². The van der Waals surface area contributed by atoms with E-state index in [9.17, 15) is 15.0 Å². The molecule has 0 aliphatic heterocycles. The third-order valence-electron chi connectivity index (χ3n) is 13.1. The average Bonchev–Trinajstić information content (AvgIpc) is 3.33. The van der Waals surface area contributed by atoms with Gasteiger partial charge in [0.1, 0.15) is 0 Å². The summed E-state index contributed by atoms with van der Waals surface area (Å²) in [5.74, 6) is -0.0729. The second-order valence-electron chi connectivity index (χ2n) is 19.7. The van der Waals surface area contributed by atoms with Crippen LogP contribution in [-0.2, 0) is 4.79 Å². The first-order chi connectivity index (χ1) is 33.2. The van der Waals surface area contributed by atoms with E-state index in [0.717, 1.165) is 70.6 Å². The van der Waals surface area contributed by atoms with Gasteiger partial charge >= 0.3 is 0 Å². The minimum Gasteiger partial charge on any atom is -0.394 e. The van der Waals surface area contributed by atoms with Crippen LogP contribution in [0.5, 0.6) is 0 Å². The molecule has 0 bridgehead atoms. The minimum atomic E-state index is -0.850. The SMILES string of the molecule is CC/C=C\C/C=C\C/C=C\C/C=C\C/C=C\C/C=C\CCCCCCCCCCC(=O)NC(CO)C(O)/C=C/CCCCCCCCCCCCCCCCCCCCCCCCCCCC. The maximum absolute atomic E-state index is 12.5. The number of carbonyl (C=O) groups excluding carboxylic acids is 1. The van der Waals surface area contributed by atoms with Gasteiger partial charge in [-0.25, -0.2) is 0 Å². The third kappa shape index (κ3) is 54.4. The molecule has 0 spiro atoms. The largest absolute Gasteiger partial charge is 0.394 e. The molecule has 0 aromatic heterocycles. The van der Waals surface area contributed by atoms with E-state index in [2.05, 4.69) is 92.1 Å². The molecule has 4 heteroatoms. The standard InChI is InChI=1S/C63H113NO3/c1-3-5-7-9-11-13-15-17-19-21-23-25-27-29-31-33-34-36-38-40-42-44-46-48-50-52-54-56-58-62(66)61(60-65)64-63(67)59-57-55-53-51-49-47-45-43-41-39-37-35-32-30-28-26-24-22-20-18-16-14-12-10-8-6-4-2/h6,8,12,14,18,20,24,26,30,32,37,39,56,58,61-62,65-66H,3-5,7,9-11,13,15-17,19,21-23,25,27-29,31,33-36,38,40-55,57,59-60H2,1-2H3,(H,64,67)/b8-6-,14-12-,20-18-,26-24-,32-30-,39-37-,58-56+. The fourth-order valence-electron chi connectivity index (χ4n) is 8.71. The highest BCUT2D eigenvalue weighted by Gasteiger charge is 2.18. The summed E-state index contributed by atoms with van der Waals surface area (Å²) in [6, 6.07) is -0.634. The molecule has 0 aromatic carbocycles. The molecular weight excluding hydrogens is 819 g/mol. The van der Waals surface area contributed by atoms with Crippen LogP contribution in [0.2, 0.25) is 0 Å². The molecule has 0 saturated carbocycles. The Balaban J connectivity index is 3.54. The Morgan fingerprint density at radius 1 is 0.373 bits per heavy atom. The maximum Gasteiger partial charge on any atom is 0.220 e. The highest BCUT2D eigenvalue weighted by molar-refractivity contribution is 5.76. The molecular formula is C63H113NO3. The lowest BCUT2D eigenvalue weighted by Crippen LogP contribution is -2.45. The number of allylic oxidation sites excluding steroid dienone is 13. The van der Waals surface area contributed by atoms with E-state index in [0.29, 0.717) is 6.42 Å². The van der Waals surface area contributed by atoms with Crippen molar-refractivity contribution in [2.45, 2.75) is 302 Å². The smallest absolute Gasteiger partial charge is 0.220 e. The van der Waals surface area contributed by atoms with Crippen molar-refractivity contribution in [1.82, 2.24) is 5.32 Å². The van der Waals surface area contributed by atoms with Crippen molar-refractivity contribution < 1.29 is 15.0 Å². The molecule has 2 atom stereocenters. The van der Waals surface area contributed by atoms with Crippen LogP contribution in [0.25, 0.3) is 0 Å². The van der Waals surface area contributed by atoms with E-state index in [1.165, 1.54) is 199 Å². The number of amides is 1. The normalized spacial score (nSPS) is 13.4. The first kappa shape index (κ1) is 64.6. The number of aliphatic hydroxyl groups is 2. The van der Waals surface area contributed by atoms with Gasteiger partial charge in [-0.1, -0.05) is 298 Å². The monoisotopic (exact) mass is 932 g/mol. The molecule has 67 heavy (non-hydrogen) atoms. The number of aliphatic hydroxyl groups excluding tert-OH is 2. The summed E-state index contributed by atoms with van der Waals surface area (Å²) in [7, 11) is 0. The van der Waals surface area contributed by atoms with Crippen molar-refractivity contribution >= 4 is 5.91 Å². The number of unbranched alkanes of at least 4 members (excludes halogenated alkanes) is 34. The molecule has 0 heterocycles. The highest BCUT2D eigenvalue weighted by atomic mass is 16.3. The van der Waals surface area contributed by atoms with Crippen LogP contribution in [-0.4, -0.2) is 34.9 Å². The molecule has 0 rings (SSSR count). The van der Waals surface area contributed by atoms with Gasteiger partial charge < -0.3 is 15.5 Å². The summed E-state index contributed by atoms with van der Waals surface area (Å²) in [6.45, 7) is 4.21. The topological polar surface area (TPSA) is 69.6 Å². The zero-order valence-electron chi connectivity index (χ0n) is 44.7. The van der Waals surface area contributed by atoms with Gasteiger partial charge in [0.05, 0.1) is 18.8 Å². The Bertz CT molecular complexity index is 1190. The van der Waals surface area contributed by atoms with Crippen molar-refractivity contribution in [3.63, 3.8) is 0 Å². The van der Waals surface area contributed by atoms with Gasteiger partial charge in [-0.3, -0.25) is 4.79 Å². The Kier molecular flexibility index (Phi) is 55.8. The quantitative estimate of drug-likeness (QED) is 0.0420. The molecule has 0 radical (unpaired) electrons. The van der Waals surface area contributed by atoms with Crippen LogP contribution in [0.15, 0.2) is 85.1 Å². The van der Waals surface area contributed by atoms with Gasteiger partial charge in [-0.2, -0.15) is 0 Å². The molecule has 1 amide bonds. The van der Waals surface area contributed by atoms with Gasteiger partial charge in [-0.15, -0.1) is 0 Å². The molecule has 0 aromatic rings. The lowest BCUT2D eigenvalue weighted by molar-refractivity contribution is -0.123. The van der Waals surface area contributed by atoms with Crippen LogP contribution in [0, 0.1) is 0 Å². The molecule has 0 aliphatic rings. The summed E-state index contributed by atoms with van der Waals surface area (Å²) >= 11 is 0. The molecule has 4 nitrogen and oxygen atoms in total. The summed E-state index contributed by atoms with van der Waals surface area (Å²) in [6.07, 6.45) is 84.6. The second-order valence-corrected chi connectivity index (χ2v) is 19.7.